The van der Waals surface area contributed by atoms with Crippen LogP contribution in [0.15, 0.2) is 182 Å². The van der Waals surface area contributed by atoms with Crippen molar-refractivity contribution in [1.29, 1.82) is 0 Å². The van der Waals surface area contributed by atoms with Crippen LogP contribution in [0.1, 0.15) is 91.9 Å². The smallest absolute Gasteiger partial charge is 0.386 e. The molecule has 0 bridgehead atoms. The number of benzene rings is 6. The fraction of sp³-hybridized carbons (Fsp3) is 0.343. The van der Waals surface area contributed by atoms with E-state index in [0.29, 0.717) is 18.7 Å². The van der Waals surface area contributed by atoms with Crippen molar-refractivity contribution in [3.8, 4) is 0 Å². The second-order valence-corrected chi connectivity index (χ2v) is 21.2. The Morgan fingerprint density at radius 2 is 0.722 bits per heavy atom. The van der Waals surface area contributed by atoms with Crippen LogP contribution in [0.2, 0.25) is 11.6 Å². The molecule has 1 heterocycles. The maximum absolute atomic E-state index is 2.93. The normalized spacial score (nSPS) is 25.4. The van der Waals surface area contributed by atoms with Crippen LogP contribution in [0, 0.1) is 65.2 Å². The Morgan fingerprint density at radius 1 is 0.389 bits per heavy atom. The summed E-state index contributed by atoms with van der Waals surface area (Å²) in [5.41, 5.74) is 11.0. The van der Waals surface area contributed by atoms with E-state index >= 15 is 0 Å². The molecule has 11 rings (SSSR count). The van der Waals surface area contributed by atoms with Crippen molar-refractivity contribution in [2.75, 3.05) is 42.8 Å². The molecular weight excluding hydrogens is 949 g/mol. The molecule has 1 aliphatic heterocycles. The summed E-state index contributed by atoms with van der Waals surface area (Å²) in [6.45, 7) is 0.526. The number of anilines is 4. The fourth-order valence-corrected chi connectivity index (χ4v) is 14.5. The number of hydrogen-bond acceptors (Lipinski definition) is 3. The van der Waals surface area contributed by atoms with E-state index in [4.69, 9.17) is 0 Å². The topological polar surface area (TPSA) is 9.72 Å². The van der Waals surface area contributed by atoms with Crippen LogP contribution in [0.3, 0.4) is 0 Å². The second-order valence-electron chi connectivity index (χ2n) is 21.2. The minimum absolute atomic E-state index is 0. The first-order valence-electron chi connectivity index (χ1n) is 25.8. The van der Waals surface area contributed by atoms with Crippen molar-refractivity contribution in [3.05, 3.63) is 234 Å². The zero-order valence-corrected chi connectivity index (χ0v) is 47.5. The number of hydrogen-bond donors (Lipinski definition) is 0. The molecule has 4 aliphatic carbocycles. The maximum atomic E-state index is 2.93. The SMILES string of the molecule is C(/C=C/c1ccccc1)=C\c1ccccc1.CN(C)c1ccc(N(B2C3C(CC4CC5C(c6ccccc6)CCCC5C24)CC2C(c4ccccc4)CCCC23)c2ccc(N(C)C)cc2)cc1.[CH3-].[CH3-].[CH3-].[CH3-].[Zr+4]. The molecule has 1 saturated heterocycles. The molecule has 3 nitrogen and oxygen atoms in total. The summed E-state index contributed by atoms with van der Waals surface area (Å²) in [7, 11) is 8.66. The number of rotatable bonds is 10. The molecular formula is C67H84BN3Zr. The summed E-state index contributed by atoms with van der Waals surface area (Å²) in [6, 6.07) is 63.2. The third-order valence-electron chi connectivity index (χ3n) is 17.2. The van der Waals surface area contributed by atoms with Crippen molar-refractivity contribution in [1.82, 2.24) is 0 Å². The van der Waals surface area contributed by atoms with E-state index < -0.39 is 0 Å². The van der Waals surface area contributed by atoms with Gasteiger partial charge in [-0.05, 0) is 162 Å². The number of fused-ring (bicyclic) bond motifs is 6. The van der Waals surface area contributed by atoms with E-state index in [0.717, 1.165) is 47.1 Å². The first kappa shape index (κ1) is 58.0. The van der Waals surface area contributed by atoms with Crippen LogP contribution in [0.5, 0.6) is 0 Å². The average molecular weight is 1030 g/mol. The van der Waals surface area contributed by atoms with Gasteiger partial charge in [0.05, 0.1) is 0 Å². The van der Waals surface area contributed by atoms with Gasteiger partial charge in [0, 0.05) is 50.9 Å². The van der Waals surface area contributed by atoms with Crippen LogP contribution >= 0.6 is 0 Å². The zero-order valence-electron chi connectivity index (χ0n) is 45.0. The third-order valence-corrected chi connectivity index (χ3v) is 17.2. The molecule has 0 spiro atoms. The number of nitrogens with zero attached hydrogens (tertiary/aromatic N) is 3. The molecule has 10 unspecified atom stereocenters. The van der Waals surface area contributed by atoms with Crippen molar-refractivity contribution in [3.63, 3.8) is 0 Å². The van der Waals surface area contributed by atoms with Gasteiger partial charge in [0.2, 0.25) is 0 Å². The molecule has 374 valence electrons. The van der Waals surface area contributed by atoms with E-state index in [1.54, 1.807) is 11.1 Å². The molecule has 5 heteroatoms. The van der Waals surface area contributed by atoms with Crippen molar-refractivity contribution < 1.29 is 26.2 Å². The standard InChI is InChI=1S/C47H58BN3.C16H14.4CH3.Zr/c1-49(2)36-21-25-38(26-22-36)51(39-27-23-37(24-28-39)50(3)4)48-46-34(30-44-40(17-11-19-42(44)46)32-13-7-5-8-14-32)29-35-31-45-41(33-15-9-6-10-16-33)18-12-20-43(45)47(35)48;1-3-9-15(10-4-1)13-7-8-14-16-11-5-2-6-12-16;;;;;/h5-10,13-16,21-28,34-35,40-47H,11-12,17-20,29-31H2,1-4H3;1-14H;4*1H3;/q;;4*-1;+4/b;13-7+,14-8+;;;;;. The van der Waals surface area contributed by atoms with Gasteiger partial charge in [0.25, 0.3) is 6.85 Å². The van der Waals surface area contributed by atoms with Crippen LogP contribution in [-0.4, -0.2) is 35.0 Å². The van der Waals surface area contributed by atoms with E-state index in [2.05, 4.69) is 201 Å². The Kier molecular flexibility index (Phi) is 21.7. The van der Waals surface area contributed by atoms with Gasteiger partial charge in [0.1, 0.15) is 0 Å². The van der Waals surface area contributed by atoms with Gasteiger partial charge in [-0.2, -0.15) is 0 Å². The molecule has 72 heavy (non-hydrogen) atoms. The van der Waals surface area contributed by atoms with Gasteiger partial charge in [0.15, 0.2) is 0 Å². The average Bonchev–Trinajstić information content (AvgIpc) is 3.95. The first-order chi connectivity index (χ1) is 32.9. The van der Waals surface area contributed by atoms with Gasteiger partial charge in [-0.3, -0.25) is 0 Å². The third kappa shape index (κ3) is 12.6. The largest absolute Gasteiger partial charge is 4.00 e. The predicted octanol–water partition coefficient (Wildman–Crippen LogP) is 17.7. The summed E-state index contributed by atoms with van der Waals surface area (Å²) in [4.78, 5) is 7.41. The Hall–Kier alpha value is -4.85. The van der Waals surface area contributed by atoms with Gasteiger partial charge in [-0.25, -0.2) is 0 Å². The maximum Gasteiger partial charge on any atom is 4.00 e. The zero-order chi connectivity index (χ0) is 45.7. The summed E-state index contributed by atoms with van der Waals surface area (Å²) in [5.74, 6) is 7.76. The minimum Gasteiger partial charge on any atom is -0.386 e. The van der Waals surface area contributed by atoms with E-state index in [1.807, 2.05) is 36.4 Å². The fourth-order valence-electron chi connectivity index (χ4n) is 14.5. The summed E-state index contributed by atoms with van der Waals surface area (Å²) >= 11 is 0. The van der Waals surface area contributed by atoms with Gasteiger partial charge in [-0.1, -0.05) is 171 Å². The molecule has 4 saturated carbocycles. The molecule has 0 amide bonds. The molecule has 10 atom stereocenters. The van der Waals surface area contributed by atoms with Crippen LogP contribution < -0.4 is 14.6 Å². The number of allylic oxidation sites excluding steroid dienone is 2. The molecule has 0 aromatic heterocycles. The summed E-state index contributed by atoms with van der Waals surface area (Å²) in [5, 5.41) is 0. The van der Waals surface area contributed by atoms with Crippen LogP contribution in [-0.2, 0) is 26.2 Å². The molecule has 6 aromatic carbocycles. The second kappa shape index (κ2) is 26.9. The molecule has 5 aliphatic rings. The van der Waals surface area contributed by atoms with Crippen molar-refractivity contribution in [2.24, 2.45) is 35.5 Å². The predicted molar refractivity (Wildman–Crippen MR) is 314 cm³/mol. The Bertz CT molecular complexity index is 2350. The molecule has 0 radical (unpaired) electrons. The van der Waals surface area contributed by atoms with Crippen molar-refractivity contribution >= 4 is 41.7 Å². The van der Waals surface area contributed by atoms with Gasteiger partial charge in [-0.15, -0.1) is 0 Å². The quantitative estimate of drug-likeness (QED) is 0.0769. The first-order valence-corrected chi connectivity index (χ1v) is 25.8. The molecule has 5 fully saturated rings. The van der Waals surface area contributed by atoms with E-state index in [9.17, 15) is 0 Å². The van der Waals surface area contributed by atoms with E-state index in [-0.39, 0.29) is 55.9 Å². The van der Waals surface area contributed by atoms with Crippen LogP contribution in [0.25, 0.3) is 12.2 Å². The molecule has 0 N–H and O–H groups in total. The summed E-state index contributed by atoms with van der Waals surface area (Å²) in [6.07, 6.45) is 20.9. The van der Waals surface area contributed by atoms with Crippen molar-refractivity contribution in [2.45, 2.75) is 81.3 Å². The minimum atomic E-state index is 0. The van der Waals surface area contributed by atoms with Gasteiger partial charge >= 0.3 is 26.2 Å². The molecule has 6 aromatic rings. The Labute approximate surface area is 458 Å². The monoisotopic (exact) mass is 1030 g/mol. The summed E-state index contributed by atoms with van der Waals surface area (Å²) < 4.78 is 0. The van der Waals surface area contributed by atoms with E-state index in [1.165, 1.54) is 91.7 Å². The van der Waals surface area contributed by atoms with Gasteiger partial charge < -0.3 is 44.3 Å². The van der Waals surface area contributed by atoms with Crippen LogP contribution in [0.4, 0.5) is 22.7 Å². The Morgan fingerprint density at radius 3 is 1.07 bits per heavy atom. The Balaban J connectivity index is 0.000000394.